The van der Waals surface area contributed by atoms with Crippen LogP contribution in [-0.4, -0.2) is 12.6 Å². The number of hydrogen-bond acceptors (Lipinski definition) is 1. The summed E-state index contributed by atoms with van der Waals surface area (Å²) < 4.78 is 38.1. The van der Waals surface area contributed by atoms with Crippen LogP contribution >= 0.6 is 0 Å². The maximum absolute atomic E-state index is 12.7. The summed E-state index contributed by atoms with van der Waals surface area (Å²) in [5.74, 6) is 0. The molecule has 96 valence electrons. The standard InChI is InChI=1S/C13H18F3N/c1-3-17-10(2)8-9-11-6-4-5-7-12(11)13(14,15)16/h4-7,10,17H,3,8-9H2,1-2H3. The highest BCUT2D eigenvalue weighted by Crippen LogP contribution is 2.32. The normalized spacial score (nSPS) is 13.7. The predicted octanol–water partition coefficient (Wildman–Crippen LogP) is 3.64. The Balaban J connectivity index is 2.71. The molecule has 1 atom stereocenters. The van der Waals surface area contributed by atoms with Gasteiger partial charge in [-0.2, -0.15) is 13.2 Å². The molecule has 1 aromatic rings. The Kier molecular flexibility index (Phi) is 5.00. The van der Waals surface area contributed by atoms with Gasteiger partial charge in [-0.05, 0) is 37.9 Å². The van der Waals surface area contributed by atoms with Crippen LogP contribution in [0.3, 0.4) is 0 Å². The van der Waals surface area contributed by atoms with Crippen molar-refractivity contribution in [3.8, 4) is 0 Å². The van der Waals surface area contributed by atoms with Crippen LogP contribution in [0.1, 0.15) is 31.4 Å². The van der Waals surface area contributed by atoms with Crippen LogP contribution in [0.2, 0.25) is 0 Å². The van der Waals surface area contributed by atoms with E-state index in [1.807, 2.05) is 13.8 Å². The molecule has 0 saturated carbocycles. The average Bonchev–Trinajstić information content (AvgIpc) is 2.26. The van der Waals surface area contributed by atoms with Gasteiger partial charge in [0.05, 0.1) is 5.56 Å². The lowest BCUT2D eigenvalue weighted by Gasteiger charge is -2.15. The van der Waals surface area contributed by atoms with Crippen molar-refractivity contribution in [1.29, 1.82) is 0 Å². The molecule has 0 bridgehead atoms. The summed E-state index contributed by atoms with van der Waals surface area (Å²) in [4.78, 5) is 0. The molecule has 0 amide bonds. The van der Waals surface area contributed by atoms with E-state index < -0.39 is 11.7 Å². The number of aryl methyl sites for hydroxylation is 1. The van der Waals surface area contributed by atoms with E-state index in [1.165, 1.54) is 6.07 Å². The van der Waals surface area contributed by atoms with Crippen molar-refractivity contribution >= 4 is 0 Å². The highest BCUT2D eigenvalue weighted by Gasteiger charge is 2.32. The van der Waals surface area contributed by atoms with Gasteiger partial charge in [-0.1, -0.05) is 25.1 Å². The van der Waals surface area contributed by atoms with Crippen LogP contribution in [0, 0.1) is 0 Å². The largest absolute Gasteiger partial charge is 0.416 e. The van der Waals surface area contributed by atoms with Gasteiger partial charge < -0.3 is 5.32 Å². The number of alkyl halides is 3. The molecule has 0 fully saturated rings. The van der Waals surface area contributed by atoms with E-state index in [2.05, 4.69) is 5.32 Å². The lowest BCUT2D eigenvalue weighted by Crippen LogP contribution is -2.26. The highest BCUT2D eigenvalue weighted by atomic mass is 19.4. The first-order chi connectivity index (χ1) is 7.95. The quantitative estimate of drug-likeness (QED) is 0.835. The number of halogens is 3. The molecule has 17 heavy (non-hydrogen) atoms. The molecule has 1 nitrogen and oxygen atoms in total. The fourth-order valence-electron chi connectivity index (χ4n) is 1.84. The van der Waals surface area contributed by atoms with E-state index >= 15 is 0 Å². The van der Waals surface area contributed by atoms with Gasteiger partial charge in [0.1, 0.15) is 0 Å². The molecule has 1 N–H and O–H groups in total. The lowest BCUT2D eigenvalue weighted by atomic mass is 10.0. The Morgan fingerprint density at radius 1 is 1.24 bits per heavy atom. The zero-order valence-electron chi connectivity index (χ0n) is 10.1. The summed E-state index contributed by atoms with van der Waals surface area (Å²) >= 11 is 0. The third kappa shape index (κ3) is 4.38. The van der Waals surface area contributed by atoms with Gasteiger partial charge in [0.2, 0.25) is 0 Å². The van der Waals surface area contributed by atoms with Crippen LogP contribution < -0.4 is 5.32 Å². The Hall–Kier alpha value is -1.03. The van der Waals surface area contributed by atoms with Gasteiger partial charge >= 0.3 is 6.18 Å². The molecule has 0 aliphatic heterocycles. The average molecular weight is 245 g/mol. The zero-order chi connectivity index (χ0) is 12.9. The predicted molar refractivity (Wildman–Crippen MR) is 62.9 cm³/mol. The van der Waals surface area contributed by atoms with Crippen LogP contribution in [0.5, 0.6) is 0 Å². The molecule has 0 saturated heterocycles. The summed E-state index contributed by atoms with van der Waals surface area (Å²) in [5.41, 5.74) is -0.131. The van der Waals surface area contributed by atoms with E-state index in [1.54, 1.807) is 12.1 Å². The van der Waals surface area contributed by atoms with Crippen LogP contribution in [-0.2, 0) is 12.6 Å². The second kappa shape index (κ2) is 6.05. The first-order valence-electron chi connectivity index (χ1n) is 5.83. The van der Waals surface area contributed by atoms with E-state index in [4.69, 9.17) is 0 Å². The number of nitrogens with one attached hydrogen (secondary N) is 1. The SMILES string of the molecule is CCNC(C)CCc1ccccc1C(F)(F)F. The molecule has 1 rings (SSSR count). The lowest BCUT2D eigenvalue weighted by molar-refractivity contribution is -0.138. The number of rotatable bonds is 5. The van der Waals surface area contributed by atoms with Crippen molar-refractivity contribution in [2.24, 2.45) is 0 Å². The summed E-state index contributed by atoms with van der Waals surface area (Å²) in [6, 6.07) is 6.03. The Morgan fingerprint density at radius 3 is 2.47 bits per heavy atom. The molecule has 0 radical (unpaired) electrons. The molecule has 0 spiro atoms. The minimum Gasteiger partial charge on any atom is -0.315 e. The molecular weight excluding hydrogens is 227 g/mol. The third-order valence-electron chi connectivity index (χ3n) is 2.72. The second-order valence-corrected chi connectivity index (χ2v) is 4.15. The van der Waals surface area contributed by atoms with Gasteiger partial charge in [-0.3, -0.25) is 0 Å². The van der Waals surface area contributed by atoms with Gasteiger partial charge in [0.15, 0.2) is 0 Å². The van der Waals surface area contributed by atoms with Crippen molar-refractivity contribution in [3.05, 3.63) is 35.4 Å². The third-order valence-corrected chi connectivity index (χ3v) is 2.72. The topological polar surface area (TPSA) is 12.0 Å². The smallest absolute Gasteiger partial charge is 0.315 e. The summed E-state index contributed by atoms with van der Waals surface area (Å²) in [6.07, 6.45) is -3.09. The molecule has 1 unspecified atom stereocenters. The maximum atomic E-state index is 12.7. The number of hydrogen-bond donors (Lipinski definition) is 1. The minimum absolute atomic E-state index is 0.237. The Labute approximate surface area is 100 Å². The summed E-state index contributed by atoms with van der Waals surface area (Å²) in [5, 5.41) is 3.19. The van der Waals surface area contributed by atoms with Crippen molar-refractivity contribution in [2.45, 2.75) is 38.9 Å². The summed E-state index contributed by atoms with van der Waals surface area (Å²) in [6.45, 7) is 4.81. The van der Waals surface area contributed by atoms with Crippen LogP contribution in [0.25, 0.3) is 0 Å². The molecule has 0 aliphatic carbocycles. The first-order valence-corrected chi connectivity index (χ1v) is 5.83. The van der Waals surface area contributed by atoms with E-state index in [0.29, 0.717) is 18.4 Å². The van der Waals surface area contributed by atoms with E-state index in [0.717, 1.165) is 12.6 Å². The van der Waals surface area contributed by atoms with Gasteiger partial charge in [-0.15, -0.1) is 0 Å². The fraction of sp³-hybridized carbons (Fsp3) is 0.538. The molecule has 0 heterocycles. The van der Waals surface area contributed by atoms with Crippen LogP contribution in [0.15, 0.2) is 24.3 Å². The molecule has 0 aliphatic rings. The van der Waals surface area contributed by atoms with Gasteiger partial charge in [-0.25, -0.2) is 0 Å². The van der Waals surface area contributed by atoms with Crippen molar-refractivity contribution in [3.63, 3.8) is 0 Å². The van der Waals surface area contributed by atoms with E-state index in [-0.39, 0.29) is 6.04 Å². The minimum atomic E-state index is -4.25. The monoisotopic (exact) mass is 245 g/mol. The zero-order valence-corrected chi connectivity index (χ0v) is 10.1. The first kappa shape index (κ1) is 14.0. The van der Waals surface area contributed by atoms with Crippen molar-refractivity contribution in [1.82, 2.24) is 5.32 Å². The fourth-order valence-corrected chi connectivity index (χ4v) is 1.84. The molecular formula is C13H18F3N. The van der Waals surface area contributed by atoms with Crippen LogP contribution in [0.4, 0.5) is 13.2 Å². The van der Waals surface area contributed by atoms with Gasteiger partial charge in [0, 0.05) is 6.04 Å². The van der Waals surface area contributed by atoms with Gasteiger partial charge in [0.25, 0.3) is 0 Å². The second-order valence-electron chi connectivity index (χ2n) is 4.15. The highest BCUT2D eigenvalue weighted by molar-refractivity contribution is 5.29. The van der Waals surface area contributed by atoms with Crippen molar-refractivity contribution < 1.29 is 13.2 Å². The maximum Gasteiger partial charge on any atom is 0.416 e. The Bertz CT molecular complexity index is 347. The molecule has 0 aromatic heterocycles. The molecule has 4 heteroatoms. The van der Waals surface area contributed by atoms with E-state index in [9.17, 15) is 13.2 Å². The molecule has 1 aromatic carbocycles. The number of benzene rings is 1. The summed E-state index contributed by atoms with van der Waals surface area (Å²) in [7, 11) is 0. The Morgan fingerprint density at radius 2 is 1.88 bits per heavy atom. The van der Waals surface area contributed by atoms with Crippen molar-refractivity contribution in [2.75, 3.05) is 6.54 Å².